The first-order chi connectivity index (χ1) is 34.7. The van der Waals surface area contributed by atoms with Crippen LogP contribution in [-0.2, 0) is 10.8 Å². The number of rotatable bonds is 8. The topological polar surface area (TPSA) is 16.4 Å². The Bertz CT molecular complexity index is 3850. The highest BCUT2D eigenvalue weighted by molar-refractivity contribution is 6.10. The zero-order valence-corrected chi connectivity index (χ0v) is 38.3. The van der Waals surface area contributed by atoms with E-state index in [9.17, 15) is 0 Å². The first-order valence-electron chi connectivity index (χ1n) is 24.3. The van der Waals surface area contributed by atoms with Crippen molar-refractivity contribution >= 4 is 39.0 Å². The van der Waals surface area contributed by atoms with Crippen molar-refractivity contribution in [3.63, 3.8) is 0 Å². The molecule has 0 fully saturated rings. The van der Waals surface area contributed by atoms with Crippen LogP contribution in [0.5, 0.6) is 0 Å². The zero-order valence-electron chi connectivity index (χ0n) is 38.3. The van der Waals surface area contributed by atoms with Crippen LogP contribution in [-0.4, -0.2) is 0 Å². The van der Waals surface area contributed by atoms with E-state index < -0.39 is 10.8 Å². The molecule has 70 heavy (non-hydrogen) atoms. The van der Waals surface area contributed by atoms with Crippen molar-refractivity contribution in [3.05, 3.63) is 317 Å². The van der Waals surface area contributed by atoms with Crippen LogP contribution in [0.25, 0.3) is 55.3 Å². The van der Waals surface area contributed by atoms with Crippen LogP contribution in [0.15, 0.2) is 277 Å². The lowest BCUT2D eigenvalue weighted by atomic mass is 9.67. The standard InChI is InChI=1S/C68H45NO/c1-5-21-47(22-6-1)67(48-23-7-2-8-24-48)60-35-17-14-31-58(60)65-53(32-19-36-61(65)67)46-39-41-51(42-40-46)69(63-37-20-33-57-56-30-15-18-38-64(56)70-66(57)63)52-43-44-55-54-29-13-16-34-59(54)68(62(55)45-52,49-25-9-3-10-26-49)50-27-11-4-12-28-50/h1-45H. The number of hydrogen-bond donors (Lipinski definition) is 0. The lowest BCUT2D eigenvalue weighted by Crippen LogP contribution is -2.28. The molecule has 0 atom stereocenters. The van der Waals surface area contributed by atoms with Crippen molar-refractivity contribution in [2.45, 2.75) is 10.8 Å². The number of nitrogens with zero attached hydrogens (tertiary/aromatic N) is 1. The maximum atomic E-state index is 6.86. The van der Waals surface area contributed by atoms with E-state index >= 15 is 0 Å². The van der Waals surface area contributed by atoms with Gasteiger partial charge in [0.15, 0.2) is 5.58 Å². The third-order valence-corrected chi connectivity index (χ3v) is 15.2. The van der Waals surface area contributed by atoms with Crippen molar-refractivity contribution in [2.75, 3.05) is 4.90 Å². The van der Waals surface area contributed by atoms with E-state index in [2.05, 4.69) is 272 Å². The molecule has 0 bridgehead atoms. The molecule has 0 unspecified atom stereocenters. The zero-order chi connectivity index (χ0) is 46.2. The number of hydrogen-bond acceptors (Lipinski definition) is 2. The number of para-hydroxylation sites is 2. The number of benzene rings is 11. The minimum Gasteiger partial charge on any atom is -0.454 e. The van der Waals surface area contributed by atoms with Gasteiger partial charge in [0, 0.05) is 22.1 Å². The van der Waals surface area contributed by atoms with Crippen molar-refractivity contribution in [1.29, 1.82) is 0 Å². The molecule has 11 aromatic carbocycles. The average Bonchev–Trinajstić information content (AvgIpc) is 4.08. The van der Waals surface area contributed by atoms with Gasteiger partial charge in [-0.2, -0.15) is 0 Å². The SMILES string of the molecule is c1ccc(C2(c3ccccc3)c3ccccc3-c3ccc(N(c4ccc(-c5cccc6c5-c5ccccc5C6(c5ccccc5)c5ccccc5)cc4)c4cccc5c4oc4ccccc45)cc32)cc1. The van der Waals surface area contributed by atoms with Crippen molar-refractivity contribution in [2.24, 2.45) is 0 Å². The molecule has 0 saturated heterocycles. The lowest BCUT2D eigenvalue weighted by Gasteiger charge is -2.35. The van der Waals surface area contributed by atoms with Crippen LogP contribution < -0.4 is 4.90 Å². The molecule has 2 aliphatic rings. The first kappa shape index (κ1) is 40.1. The second kappa shape index (κ2) is 15.8. The average molecular weight is 892 g/mol. The largest absolute Gasteiger partial charge is 0.454 e. The van der Waals surface area contributed by atoms with Gasteiger partial charge in [-0.3, -0.25) is 0 Å². The quantitative estimate of drug-likeness (QED) is 0.151. The Labute approximate surface area is 408 Å². The van der Waals surface area contributed by atoms with E-state index in [0.717, 1.165) is 44.6 Å². The summed E-state index contributed by atoms with van der Waals surface area (Å²) in [5.41, 5.74) is 21.3. The molecular weight excluding hydrogens is 847 g/mol. The highest BCUT2D eigenvalue weighted by Crippen LogP contribution is 2.60. The van der Waals surface area contributed by atoms with Gasteiger partial charge in [0.05, 0.1) is 16.5 Å². The minimum atomic E-state index is -0.552. The molecule has 0 N–H and O–H groups in total. The van der Waals surface area contributed by atoms with E-state index in [4.69, 9.17) is 4.42 Å². The fourth-order valence-electron chi connectivity index (χ4n) is 12.4. The summed E-state index contributed by atoms with van der Waals surface area (Å²) in [6.07, 6.45) is 0. The molecule has 2 aliphatic carbocycles. The Morgan fingerprint density at radius 2 is 0.757 bits per heavy atom. The maximum absolute atomic E-state index is 6.86. The van der Waals surface area contributed by atoms with Crippen LogP contribution in [0.4, 0.5) is 17.1 Å². The number of furan rings is 1. The van der Waals surface area contributed by atoms with Gasteiger partial charge in [0.1, 0.15) is 5.58 Å². The van der Waals surface area contributed by atoms with Gasteiger partial charge in [-0.05, 0) is 114 Å². The summed E-state index contributed by atoms with van der Waals surface area (Å²) < 4.78 is 6.86. The second-order valence-corrected chi connectivity index (χ2v) is 18.6. The molecule has 14 rings (SSSR count). The van der Waals surface area contributed by atoms with Gasteiger partial charge in [-0.15, -0.1) is 0 Å². The summed E-state index contributed by atoms with van der Waals surface area (Å²) in [4.78, 5) is 2.40. The Balaban J connectivity index is 0.985. The van der Waals surface area contributed by atoms with E-state index in [1.54, 1.807) is 0 Å². The fourth-order valence-corrected chi connectivity index (χ4v) is 12.4. The second-order valence-electron chi connectivity index (χ2n) is 18.6. The first-order valence-corrected chi connectivity index (χ1v) is 24.3. The van der Waals surface area contributed by atoms with Gasteiger partial charge in [-0.1, -0.05) is 237 Å². The third-order valence-electron chi connectivity index (χ3n) is 15.2. The Morgan fingerprint density at radius 1 is 0.300 bits per heavy atom. The molecule has 0 amide bonds. The predicted molar refractivity (Wildman–Crippen MR) is 288 cm³/mol. The predicted octanol–water partition coefficient (Wildman–Crippen LogP) is 17.4. The molecule has 2 nitrogen and oxygen atoms in total. The van der Waals surface area contributed by atoms with E-state index in [1.807, 2.05) is 6.07 Å². The van der Waals surface area contributed by atoms with E-state index in [-0.39, 0.29) is 0 Å². The highest BCUT2D eigenvalue weighted by Gasteiger charge is 2.48. The summed E-state index contributed by atoms with van der Waals surface area (Å²) in [7, 11) is 0. The Hall–Kier alpha value is -8.98. The summed E-state index contributed by atoms with van der Waals surface area (Å²) in [5, 5.41) is 2.19. The molecule has 1 aromatic heterocycles. The molecule has 1 heterocycles. The fraction of sp³-hybridized carbons (Fsp3) is 0.0294. The summed E-state index contributed by atoms with van der Waals surface area (Å²) >= 11 is 0. The smallest absolute Gasteiger partial charge is 0.159 e. The van der Waals surface area contributed by atoms with Crippen LogP contribution in [0.2, 0.25) is 0 Å². The van der Waals surface area contributed by atoms with E-state index in [1.165, 1.54) is 72.3 Å². The molecule has 0 aliphatic heterocycles. The summed E-state index contributed by atoms with van der Waals surface area (Å²) in [6.45, 7) is 0. The normalized spacial score (nSPS) is 13.7. The minimum absolute atomic E-state index is 0.478. The molecule has 2 heteroatoms. The molecule has 328 valence electrons. The molecule has 0 saturated carbocycles. The molecule has 0 spiro atoms. The van der Waals surface area contributed by atoms with Crippen LogP contribution in [0, 0.1) is 0 Å². The number of anilines is 3. The van der Waals surface area contributed by atoms with Crippen molar-refractivity contribution < 1.29 is 4.42 Å². The van der Waals surface area contributed by atoms with Crippen molar-refractivity contribution in [1.82, 2.24) is 0 Å². The van der Waals surface area contributed by atoms with Crippen LogP contribution in [0.3, 0.4) is 0 Å². The molecule has 12 aromatic rings. The summed E-state index contributed by atoms with van der Waals surface area (Å²) in [6, 6.07) is 100. The Morgan fingerprint density at radius 3 is 1.40 bits per heavy atom. The molecular formula is C68H45NO. The Kier molecular flexibility index (Phi) is 9.06. The van der Waals surface area contributed by atoms with Gasteiger partial charge in [-0.25, -0.2) is 0 Å². The number of fused-ring (bicyclic) bond motifs is 9. The van der Waals surface area contributed by atoms with Gasteiger partial charge >= 0.3 is 0 Å². The van der Waals surface area contributed by atoms with Crippen LogP contribution in [0.1, 0.15) is 44.5 Å². The lowest BCUT2D eigenvalue weighted by molar-refractivity contribution is 0.669. The van der Waals surface area contributed by atoms with Gasteiger partial charge in [0.25, 0.3) is 0 Å². The van der Waals surface area contributed by atoms with Crippen LogP contribution >= 0.6 is 0 Å². The van der Waals surface area contributed by atoms with E-state index in [0.29, 0.717) is 0 Å². The van der Waals surface area contributed by atoms with Crippen molar-refractivity contribution in [3.8, 4) is 33.4 Å². The monoisotopic (exact) mass is 891 g/mol. The van der Waals surface area contributed by atoms with Gasteiger partial charge < -0.3 is 9.32 Å². The van der Waals surface area contributed by atoms with Gasteiger partial charge in [0.2, 0.25) is 0 Å². The molecule has 0 radical (unpaired) electrons. The maximum Gasteiger partial charge on any atom is 0.159 e. The highest BCUT2D eigenvalue weighted by atomic mass is 16.3. The third kappa shape index (κ3) is 5.68. The summed E-state index contributed by atoms with van der Waals surface area (Å²) in [5.74, 6) is 0.